The number of hydrogen-bond acceptors (Lipinski definition) is 2. The summed E-state index contributed by atoms with van der Waals surface area (Å²) < 4.78 is 0. The van der Waals surface area contributed by atoms with Gasteiger partial charge in [0.05, 0.1) is 0 Å². The lowest BCUT2D eigenvalue weighted by Gasteiger charge is -2.25. The predicted octanol–water partition coefficient (Wildman–Crippen LogP) is 4.02. The first-order valence-corrected chi connectivity index (χ1v) is 8.59. The van der Waals surface area contributed by atoms with Gasteiger partial charge in [0.1, 0.15) is 0 Å². The standard InChI is InChI=1S/C19H32N2/c1-15(2)12-19-14-21(11-5-10-20-19)13-17-6-8-18(9-7-17)16(3)4/h6-9,15-16,19-20H,5,10-14H2,1-4H3. The van der Waals surface area contributed by atoms with Crippen LogP contribution in [0.5, 0.6) is 0 Å². The number of hydrogen-bond donors (Lipinski definition) is 1. The Morgan fingerprint density at radius 2 is 1.86 bits per heavy atom. The summed E-state index contributed by atoms with van der Waals surface area (Å²) in [6, 6.07) is 9.86. The van der Waals surface area contributed by atoms with Gasteiger partial charge in [-0.1, -0.05) is 52.0 Å². The zero-order valence-corrected chi connectivity index (χ0v) is 14.2. The van der Waals surface area contributed by atoms with E-state index in [9.17, 15) is 0 Å². The van der Waals surface area contributed by atoms with Crippen LogP contribution in [0, 0.1) is 5.92 Å². The van der Waals surface area contributed by atoms with E-state index in [1.807, 2.05) is 0 Å². The number of benzene rings is 1. The van der Waals surface area contributed by atoms with Crippen LogP contribution in [0.1, 0.15) is 57.6 Å². The van der Waals surface area contributed by atoms with Crippen LogP contribution in [0.15, 0.2) is 24.3 Å². The summed E-state index contributed by atoms with van der Waals surface area (Å²) in [7, 11) is 0. The van der Waals surface area contributed by atoms with E-state index in [-0.39, 0.29) is 0 Å². The lowest BCUT2D eigenvalue weighted by Crippen LogP contribution is -2.38. The first-order valence-electron chi connectivity index (χ1n) is 8.59. The van der Waals surface area contributed by atoms with Gasteiger partial charge in [0.25, 0.3) is 0 Å². The number of rotatable bonds is 5. The van der Waals surface area contributed by atoms with Crippen molar-refractivity contribution in [1.29, 1.82) is 0 Å². The van der Waals surface area contributed by atoms with E-state index in [4.69, 9.17) is 0 Å². The van der Waals surface area contributed by atoms with E-state index < -0.39 is 0 Å². The molecular weight excluding hydrogens is 256 g/mol. The van der Waals surface area contributed by atoms with Gasteiger partial charge in [0.2, 0.25) is 0 Å². The van der Waals surface area contributed by atoms with Crippen molar-refractivity contribution in [3.8, 4) is 0 Å². The van der Waals surface area contributed by atoms with Crippen molar-refractivity contribution in [1.82, 2.24) is 10.2 Å². The molecule has 0 saturated carbocycles. The lowest BCUT2D eigenvalue weighted by molar-refractivity contribution is 0.247. The maximum atomic E-state index is 3.71. The Balaban J connectivity index is 1.93. The fourth-order valence-corrected chi connectivity index (χ4v) is 3.21. The molecule has 0 spiro atoms. The van der Waals surface area contributed by atoms with Crippen LogP contribution in [-0.4, -0.2) is 30.6 Å². The molecule has 2 rings (SSSR count). The molecule has 1 aromatic rings. The van der Waals surface area contributed by atoms with Crippen LogP contribution < -0.4 is 5.32 Å². The second-order valence-corrected chi connectivity index (χ2v) is 7.27. The molecule has 2 heteroatoms. The topological polar surface area (TPSA) is 15.3 Å². The minimum absolute atomic E-state index is 0.622. The fraction of sp³-hybridized carbons (Fsp3) is 0.684. The Labute approximate surface area is 130 Å². The van der Waals surface area contributed by atoms with Gasteiger partial charge in [0, 0.05) is 19.1 Å². The van der Waals surface area contributed by atoms with Gasteiger partial charge >= 0.3 is 0 Å². The summed E-state index contributed by atoms with van der Waals surface area (Å²) in [4.78, 5) is 2.62. The third-order valence-corrected chi connectivity index (χ3v) is 4.37. The normalized spacial score (nSPS) is 21.0. The average molecular weight is 288 g/mol. The molecule has 1 atom stereocenters. The van der Waals surface area contributed by atoms with Crippen LogP contribution in [-0.2, 0) is 6.54 Å². The maximum absolute atomic E-state index is 3.71. The van der Waals surface area contributed by atoms with Crippen molar-refractivity contribution in [2.75, 3.05) is 19.6 Å². The van der Waals surface area contributed by atoms with Crippen molar-refractivity contribution in [2.45, 2.75) is 59.0 Å². The maximum Gasteiger partial charge on any atom is 0.0234 e. The van der Waals surface area contributed by atoms with E-state index in [2.05, 4.69) is 62.2 Å². The molecule has 1 N–H and O–H groups in total. The molecule has 21 heavy (non-hydrogen) atoms. The first kappa shape index (κ1) is 16.5. The molecule has 0 radical (unpaired) electrons. The van der Waals surface area contributed by atoms with Gasteiger partial charge < -0.3 is 5.32 Å². The van der Waals surface area contributed by atoms with Crippen LogP contribution in [0.4, 0.5) is 0 Å². The predicted molar refractivity (Wildman–Crippen MR) is 91.7 cm³/mol. The molecule has 1 aliphatic rings. The smallest absolute Gasteiger partial charge is 0.0234 e. The molecule has 118 valence electrons. The van der Waals surface area contributed by atoms with Gasteiger partial charge in [0.15, 0.2) is 0 Å². The van der Waals surface area contributed by atoms with Gasteiger partial charge in [-0.25, -0.2) is 0 Å². The second kappa shape index (κ2) is 7.95. The molecule has 2 nitrogen and oxygen atoms in total. The third kappa shape index (κ3) is 5.44. The molecule has 1 unspecified atom stereocenters. The van der Waals surface area contributed by atoms with Crippen molar-refractivity contribution in [3.05, 3.63) is 35.4 Å². The Hall–Kier alpha value is -0.860. The minimum atomic E-state index is 0.622. The van der Waals surface area contributed by atoms with Gasteiger partial charge in [-0.05, 0) is 48.9 Å². The van der Waals surface area contributed by atoms with Crippen LogP contribution in [0.25, 0.3) is 0 Å². The van der Waals surface area contributed by atoms with Gasteiger partial charge in [-0.3, -0.25) is 4.90 Å². The van der Waals surface area contributed by atoms with Gasteiger partial charge in [-0.15, -0.1) is 0 Å². The molecule has 0 amide bonds. The molecule has 1 fully saturated rings. The fourth-order valence-electron chi connectivity index (χ4n) is 3.21. The molecule has 1 saturated heterocycles. The average Bonchev–Trinajstić information content (AvgIpc) is 2.64. The Bertz CT molecular complexity index is 408. The van der Waals surface area contributed by atoms with Crippen molar-refractivity contribution >= 4 is 0 Å². The Kier molecular flexibility index (Phi) is 6.25. The molecular formula is C19H32N2. The lowest BCUT2D eigenvalue weighted by atomic mass is 10.0. The third-order valence-electron chi connectivity index (χ3n) is 4.37. The summed E-state index contributed by atoms with van der Waals surface area (Å²) in [5.74, 6) is 1.39. The molecule has 0 aromatic heterocycles. The Morgan fingerprint density at radius 3 is 2.48 bits per heavy atom. The highest BCUT2D eigenvalue weighted by Crippen LogP contribution is 2.17. The molecule has 0 bridgehead atoms. The first-order chi connectivity index (χ1) is 10.0. The summed E-state index contributed by atoms with van der Waals surface area (Å²) in [5.41, 5.74) is 2.89. The van der Waals surface area contributed by atoms with Crippen LogP contribution in [0.3, 0.4) is 0 Å². The van der Waals surface area contributed by atoms with E-state index in [0.29, 0.717) is 12.0 Å². The molecule has 1 heterocycles. The zero-order valence-electron chi connectivity index (χ0n) is 14.2. The van der Waals surface area contributed by atoms with Crippen LogP contribution in [0.2, 0.25) is 0 Å². The monoisotopic (exact) mass is 288 g/mol. The highest BCUT2D eigenvalue weighted by Gasteiger charge is 2.18. The summed E-state index contributed by atoms with van der Waals surface area (Å²) >= 11 is 0. The van der Waals surface area contributed by atoms with Crippen LogP contribution >= 0.6 is 0 Å². The summed E-state index contributed by atoms with van der Waals surface area (Å²) in [6.45, 7) is 13.8. The SMILES string of the molecule is CC(C)CC1CN(Cc2ccc(C(C)C)cc2)CCCN1. The Morgan fingerprint density at radius 1 is 1.14 bits per heavy atom. The molecule has 0 aliphatic carbocycles. The summed E-state index contributed by atoms with van der Waals surface area (Å²) in [6.07, 6.45) is 2.54. The summed E-state index contributed by atoms with van der Waals surface area (Å²) in [5, 5.41) is 3.71. The molecule has 1 aromatic carbocycles. The highest BCUT2D eigenvalue weighted by atomic mass is 15.2. The van der Waals surface area contributed by atoms with Crippen molar-refractivity contribution in [3.63, 3.8) is 0 Å². The van der Waals surface area contributed by atoms with E-state index in [1.165, 1.54) is 43.6 Å². The van der Waals surface area contributed by atoms with E-state index in [1.54, 1.807) is 0 Å². The van der Waals surface area contributed by atoms with Crippen molar-refractivity contribution < 1.29 is 0 Å². The quantitative estimate of drug-likeness (QED) is 0.880. The number of nitrogens with zero attached hydrogens (tertiary/aromatic N) is 1. The number of nitrogens with one attached hydrogen (secondary N) is 1. The largest absolute Gasteiger partial charge is 0.313 e. The second-order valence-electron chi connectivity index (χ2n) is 7.27. The minimum Gasteiger partial charge on any atom is -0.313 e. The van der Waals surface area contributed by atoms with E-state index in [0.717, 1.165) is 12.5 Å². The highest BCUT2D eigenvalue weighted by molar-refractivity contribution is 5.24. The van der Waals surface area contributed by atoms with E-state index >= 15 is 0 Å². The molecule has 1 aliphatic heterocycles. The van der Waals surface area contributed by atoms with Crippen molar-refractivity contribution in [2.24, 2.45) is 5.92 Å². The van der Waals surface area contributed by atoms with Gasteiger partial charge in [-0.2, -0.15) is 0 Å². The zero-order chi connectivity index (χ0) is 15.2.